The van der Waals surface area contributed by atoms with Crippen LogP contribution in [0.5, 0.6) is 11.5 Å². The van der Waals surface area contributed by atoms with Crippen molar-refractivity contribution in [2.45, 2.75) is 12.5 Å². The van der Waals surface area contributed by atoms with Gasteiger partial charge in [0.15, 0.2) is 11.5 Å². The lowest BCUT2D eigenvalue weighted by Gasteiger charge is -2.13. The summed E-state index contributed by atoms with van der Waals surface area (Å²) in [6.45, 7) is 0. The molecule has 2 aromatic carbocycles. The van der Waals surface area contributed by atoms with Gasteiger partial charge in [0.05, 0.1) is 26.3 Å². The van der Waals surface area contributed by atoms with E-state index in [1.165, 1.54) is 25.2 Å². The number of esters is 1. The molecule has 29 heavy (non-hydrogen) atoms. The number of carbonyl (C=O) groups is 2. The summed E-state index contributed by atoms with van der Waals surface area (Å²) < 4.78 is 17.4. The second kappa shape index (κ2) is 7.58. The van der Waals surface area contributed by atoms with Gasteiger partial charge in [-0.25, -0.2) is 9.48 Å². The quantitative estimate of drug-likeness (QED) is 0.629. The molecule has 1 aliphatic heterocycles. The molecule has 1 atom stereocenters. The largest absolute Gasteiger partial charge is 0.493 e. The number of carbonyl (C=O) groups excluding carboxylic acids is 2. The van der Waals surface area contributed by atoms with Gasteiger partial charge in [-0.15, -0.1) is 5.10 Å². The first kappa shape index (κ1) is 18.4. The lowest BCUT2D eigenvalue weighted by molar-refractivity contribution is -0.118. The molecule has 0 fully saturated rings. The number of anilines is 1. The number of rotatable bonds is 6. The van der Waals surface area contributed by atoms with Crippen molar-refractivity contribution < 1.29 is 23.8 Å². The van der Waals surface area contributed by atoms with Crippen molar-refractivity contribution in [1.82, 2.24) is 20.2 Å². The molecular weight excluding hydrogens is 378 g/mol. The number of ether oxygens (including phenoxy) is 3. The third-order valence-corrected chi connectivity index (χ3v) is 4.49. The number of cyclic esters (lactones) is 1. The Labute approximate surface area is 165 Å². The highest BCUT2D eigenvalue weighted by molar-refractivity contribution is 5.99. The van der Waals surface area contributed by atoms with Gasteiger partial charge in [0, 0.05) is 11.3 Å². The van der Waals surface area contributed by atoms with Crippen LogP contribution in [0.2, 0.25) is 0 Å². The number of benzene rings is 2. The minimum atomic E-state index is -0.708. The van der Waals surface area contributed by atoms with E-state index in [1.807, 2.05) is 0 Å². The highest BCUT2D eigenvalue weighted by atomic mass is 16.6. The Balaban J connectivity index is 1.51. The summed E-state index contributed by atoms with van der Waals surface area (Å²) in [5.41, 5.74) is 2.14. The Hall–Kier alpha value is -3.95. The fourth-order valence-corrected chi connectivity index (χ4v) is 3.21. The van der Waals surface area contributed by atoms with Crippen LogP contribution in [0.1, 0.15) is 28.4 Å². The number of nitrogens with zero attached hydrogens (tertiary/aromatic N) is 4. The molecule has 1 N–H and O–H groups in total. The van der Waals surface area contributed by atoms with Gasteiger partial charge in [0.1, 0.15) is 18.0 Å². The Morgan fingerprint density at radius 3 is 2.83 bits per heavy atom. The van der Waals surface area contributed by atoms with E-state index in [0.717, 1.165) is 0 Å². The Morgan fingerprint density at radius 2 is 2.10 bits per heavy atom. The summed E-state index contributed by atoms with van der Waals surface area (Å²) in [7, 11) is 2.93. The zero-order chi connectivity index (χ0) is 20.4. The number of nitrogens with one attached hydrogen (secondary N) is 1. The third kappa shape index (κ3) is 3.47. The molecule has 148 valence electrons. The molecule has 3 aromatic rings. The van der Waals surface area contributed by atoms with Gasteiger partial charge >= 0.3 is 5.97 Å². The van der Waals surface area contributed by atoms with Gasteiger partial charge in [-0.05, 0) is 34.7 Å². The first-order valence-corrected chi connectivity index (χ1v) is 8.70. The van der Waals surface area contributed by atoms with Gasteiger partial charge in [-0.2, -0.15) is 0 Å². The van der Waals surface area contributed by atoms with Crippen LogP contribution in [0.3, 0.4) is 0 Å². The number of hydrogen-bond acceptors (Lipinski definition) is 8. The molecule has 1 amide bonds. The molecule has 4 rings (SSSR count). The monoisotopic (exact) mass is 395 g/mol. The van der Waals surface area contributed by atoms with E-state index in [-0.39, 0.29) is 17.9 Å². The van der Waals surface area contributed by atoms with E-state index in [4.69, 9.17) is 14.2 Å². The highest BCUT2D eigenvalue weighted by Gasteiger charge is 2.36. The van der Waals surface area contributed by atoms with E-state index in [1.54, 1.807) is 36.4 Å². The number of methoxy groups -OCH3 is 2. The number of tetrazole rings is 1. The van der Waals surface area contributed by atoms with Crippen molar-refractivity contribution in [3.63, 3.8) is 0 Å². The average Bonchev–Trinajstić information content (AvgIpc) is 3.36. The predicted molar refractivity (Wildman–Crippen MR) is 100 cm³/mol. The van der Waals surface area contributed by atoms with E-state index < -0.39 is 12.1 Å². The maximum Gasteiger partial charge on any atom is 0.343 e. The van der Waals surface area contributed by atoms with Crippen LogP contribution in [-0.4, -0.2) is 46.3 Å². The number of amides is 1. The van der Waals surface area contributed by atoms with E-state index in [0.29, 0.717) is 28.4 Å². The molecular formula is C19H17N5O5. The van der Waals surface area contributed by atoms with Crippen LogP contribution in [0.15, 0.2) is 42.7 Å². The van der Waals surface area contributed by atoms with Gasteiger partial charge in [-0.3, -0.25) is 4.79 Å². The Morgan fingerprint density at radius 1 is 1.24 bits per heavy atom. The lowest BCUT2D eigenvalue weighted by Crippen LogP contribution is -2.16. The van der Waals surface area contributed by atoms with Gasteiger partial charge in [0.25, 0.3) is 0 Å². The topological polar surface area (TPSA) is 117 Å². The van der Waals surface area contributed by atoms with Crippen LogP contribution in [0, 0.1) is 0 Å². The molecule has 1 unspecified atom stereocenters. The van der Waals surface area contributed by atoms with Crippen LogP contribution >= 0.6 is 0 Å². The van der Waals surface area contributed by atoms with Crippen LogP contribution < -0.4 is 14.8 Å². The lowest BCUT2D eigenvalue weighted by atomic mass is 10.0. The van der Waals surface area contributed by atoms with Crippen molar-refractivity contribution >= 4 is 17.6 Å². The van der Waals surface area contributed by atoms with Gasteiger partial charge in [-0.1, -0.05) is 12.1 Å². The summed E-state index contributed by atoms with van der Waals surface area (Å²) in [5, 5.41) is 13.8. The fourth-order valence-electron chi connectivity index (χ4n) is 3.21. The molecule has 0 radical (unpaired) electrons. The molecule has 1 aliphatic rings. The third-order valence-electron chi connectivity index (χ3n) is 4.49. The van der Waals surface area contributed by atoms with E-state index in [9.17, 15) is 9.59 Å². The minimum Gasteiger partial charge on any atom is -0.493 e. The zero-order valence-electron chi connectivity index (χ0n) is 15.7. The molecule has 2 heterocycles. The highest BCUT2D eigenvalue weighted by Crippen LogP contribution is 2.43. The van der Waals surface area contributed by atoms with Crippen molar-refractivity contribution in [2.75, 3.05) is 19.5 Å². The van der Waals surface area contributed by atoms with Gasteiger partial charge in [0.2, 0.25) is 5.91 Å². The smallest absolute Gasteiger partial charge is 0.343 e. The Kier molecular flexibility index (Phi) is 4.82. The van der Waals surface area contributed by atoms with E-state index >= 15 is 0 Å². The summed E-state index contributed by atoms with van der Waals surface area (Å²) in [4.78, 5) is 24.9. The molecule has 0 bridgehead atoms. The van der Waals surface area contributed by atoms with Crippen LogP contribution in [0.4, 0.5) is 5.69 Å². The van der Waals surface area contributed by atoms with E-state index in [2.05, 4.69) is 20.8 Å². The van der Waals surface area contributed by atoms with Crippen molar-refractivity contribution in [2.24, 2.45) is 0 Å². The fraction of sp³-hybridized carbons (Fsp3) is 0.211. The standard InChI is InChI=1S/C19H17N5O5/c1-27-14-7-6-13-15(29-19(26)17(13)18(14)28-2)9-16(25)21-11-4-3-5-12(8-11)24-10-20-22-23-24/h3-8,10,15H,9H2,1-2H3,(H,21,25). The summed E-state index contributed by atoms with van der Waals surface area (Å²) >= 11 is 0. The molecule has 0 saturated carbocycles. The molecule has 1 aromatic heterocycles. The van der Waals surface area contributed by atoms with Crippen LogP contribution in [0.25, 0.3) is 5.69 Å². The maximum absolute atomic E-state index is 12.6. The number of aromatic nitrogens is 4. The van der Waals surface area contributed by atoms with Crippen molar-refractivity contribution in [3.8, 4) is 17.2 Å². The van der Waals surface area contributed by atoms with Crippen molar-refractivity contribution in [3.05, 3.63) is 53.9 Å². The molecule has 10 heteroatoms. The predicted octanol–water partition coefficient (Wildman–Crippen LogP) is 1.92. The molecule has 10 nitrogen and oxygen atoms in total. The van der Waals surface area contributed by atoms with Crippen LogP contribution in [-0.2, 0) is 9.53 Å². The minimum absolute atomic E-state index is 0.0384. The first-order chi connectivity index (χ1) is 14.1. The summed E-state index contributed by atoms with van der Waals surface area (Å²) in [6, 6.07) is 10.4. The maximum atomic E-state index is 12.6. The second-order valence-electron chi connectivity index (χ2n) is 6.22. The zero-order valence-corrected chi connectivity index (χ0v) is 15.7. The molecule has 0 aliphatic carbocycles. The average molecular weight is 395 g/mol. The number of hydrogen-bond donors (Lipinski definition) is 1. The normalized spacial score (nSPS) is 14.8. The first-order valence-electron chi connectivity index (χ1n) is 8.70. The molecule has 0 spiro atoms. The second-order valence-corrected chi connectivity index (χ2v) is 6.22. The summed E-state index contributed by atoms with van der Waals surface area (Å²) in [5.74, 6) is -0.131. The summed E-state index contributed by atoms with van der Waals surface area (Å²) in [6.07, 6.45) is 0.709. The van der Waals surface area contributed by atoms with Crippen molar-refractivity contribution in [1.29, 1.82) is 0 Å². The SMILES string of the molecule is COc1ccc2c(c1OC)C(=O)OC2CC(=O)Nc1cccc(-n2cnnn2)c1. The number of fused-ring (bicyclic) bond motifs is 1. The van der Waals surface area contributed by atoms with Gasteiger partial charge < -0.3 is 19.5 Å². The molecule has 0 saturated heterocycles. The Bertz CT molecular complexity index is 1070.